The van der Waals surface area contributed by atoms with Crippen LogP contribution in [0.15, 0.2) is 38.0 Å². The molecule has 0 amide bonds. The Bertz CT molecular complexity index is 335. The van der Waals surface area contributed by atoms with E-state index in [0.29, 0.717) is 0 Å². The van der Waals surface area contributed by atoms with E-state index in [1.54, 1.807) is 0 Å². The van der Waals surface area contributed by atoms with Gasteiger partial charge in [-0.25, -0.2) is 0 Å². The van der Waals surface area contributed by atoms with Crippen molar-refractivity contribution in [3.05, 3.63) is 38.0 Å². The molecule has 0 aromatic heterocycles. The summed E-state index contributed by atoms with van der Waals surface area (Å²) in [5.41, 5.74) is 0. The van der Waals surface area contributed by atoms with Crippen LogP contribution in [0.1, 0.15) is 33.6 Å². The lowest BCUT2D eigenvalue weighted by Crippen LogP contribution is -2.41. The van der Waals surface area contributed by atoms with Crippen molar-refractivity contribution in [1.82, 2.24) is 0 Å². The third-order valence-corrected chi connectivity index (χ3v) is 10.9. The van der Waals surface area contributed by atoms with Gasteiger partial charge in [-0.3, -0.25) is 0 Å². The van der Waals surface area contributed by atoms with E-state index in [4.69, 9.17) is 8.85 Å². The Morgan fingerprint density at radius 1 is 1.05 bits per heavy atom. The molecule has 0 spiro atoms. The summed E-state index contributed by atoms with van der Waals surface area (Å²) < 4.78 is 12.6. The summed E-state index contributed by atoms with van der Waals surface area (Å²) >= 11 is 0. The van der Waals surface area contributed by atoms with Crippen molar-refractivity contribution in [2.45, 2.75) is 69.9 Å². The lowest BCUT2D eigenvalue weighted by atomic mass is 10.2. The highest BCUT2D eigenvalue weighted by atomic mass is 28.4. The molecule has 127 valence electrons. The maximum atomic E-state index is 6.30. The molecular weight excluding hydrogens is 304 g/mol. The molecule has 0 aromatic rings. The molecule has 22 heavy (non-hydrogen) atoms. The van der Waals surface area contributed by atoms with E-state index in [9.17, 15) is 0 Å². The molecule has 0 aliphatic heterocycles. The van der Waals surface area contributed by atoms with Crippen LogP contribution in [0, 0.1) is 0 Å². The molecular formula is C18H35O2Si2. The first-order valence-corrected chi connectivity index (χ1v) is 12.9. The van der Waals surface area contributed by atoms with Crippen LogP contribution in [0.25, 0.3) is 0 Å². The second kappa shape index (κ2) is 10.4. The summed E-state index contributed by atoms with van der Waals surface area (Å²) in [6, 6.07) is 1.90. The zero-order valence-corrected chi connectivity index (χ0v) is 17.3. The summed E-state index contributed by atoms with van der Waals surface area (Å²) in [7, 11) is -2.56. The number of hydrogen-bond acceptors (Lipinski definition) is 2. The third-order valence-electron chi connectivity index (χ3n) is 4.22. The number of allylic oxidation sites excluding steroid dienone is 2. The predicted molar refractivity (Wildman–Crippen MR) is 103 cm³/mol. The monoisotopic (exact) mass is 339 g/mol. The zero-order valence-electron chi connectivity index (χ0n) is 15.3. The first-order valence-electron chi connectivity index (χ1n) is 8.16. The van der Waals surface area contributed by atoms with Crippen molar-refractivity contribution in [3.8, 4) is 0 Å². The van der Waals surface area contributed by atoms with Gasteiger partial charge in [-0.2, -0.15) is 0 Å². The van der Waals surface area contributed by atoms with Gasteiger partial charge in [0.2, 0.25) is 9.04 Å². The highest BCUT2D eigenvalue weighted by Crippen LogP contribution is 2.36. The average molecular weight is 340 g/mol. The average Bonchev–Trinajstić information content (AvgIpc) is 2.38. The molecule has 0 aliphatic rings. The molecule has 0 N–H and O–H groups in total. The topological polar surface area (TPSA) is 18.5 Å². The molecule has 2 nitrogen and oxygen atoms in total. The minimum Gasteiger partial charge on any atom is -0.417 e. The molecule has 0 fully saturated rings. The fraction of sp³-hybridized carbons (Fsp3) is 0.667. The van der Waals surface area contributed by atoms with Crippen LogP contribution in [-0.4, -0.2) is 30.1 Å². The van der Waals surface area contributed by atoms with Crippen molar-refractivity contribution in [2.75, 3.05) is 6.61 Å². The van der Waals surface area contributed by atoms with E-state index in [2.05, 4.69) is 53.6 Å². The normalized spacial score (nSPS) is 13.9. The van der Waals surface area contributed by atoms with Gasteiger partial charge in [-0.1, -0.05) is 39.0 Å². The van der Waals surface area contributed by atoms with Crippen LogP contribution >= 0.6 is 0 Å². The molecule has 1 radical (unpaired) electrons. The van der Waals surface area contributed by atoms with Crippen molar-refractivity contribution >= 4 is 17.4 Å². The molecule has 0 heterocycles. The summed E-state index contributed by atoms with van der Waals surface area (Å²) in [6.07, 6.45) is 7.86. The smallest absolute Gasteiger partial charge is 0.219 e. The van der Waals surface area contributed by atoms with Crippen LogP contribution in [-0.2, 0) is 8.85 Å². The van der Waals surface area contributed by atoms with Gasteiger partial charge in [0.05, 0.1) is 6.10 Å². The Balaban J connectivity index is 4.48. The second-order valence-electron chi connectivity index (χ2n) is 7.19. The Morgan fingerprint density at radius 2 is 1.59 bits per heavy atom. The summed E-state index contributed by atoms with van der Waals surface area (Å²) in [5.74, 6) is 0. The zero-order chi connectivity index (χ0) is 17.2. The first-order chi connectivity index (χ1) is 10.2. The van der Waals surface area contributed by atoms with Gasteiger partial charge < -0.3 is 8.85 Å². The Morgan fingerprint density at radius 3 is 2.00 bits per heavy atom. The molecule has 0 saturated carbocycles. The summed E-state index contributed by atoms with van der Waals surface area (Å²) in [6.45, 7) is 23.7. The molecule has 0 aliphatic carbocycles. The van der Waals surface area contributed by atoms with Crippen LogP contribution in [0.4, 0.5) is 0 Å². The van der Waals surface area contributed by atoms with Gasteiger partial charge in [0.1, 0.15) is 0 Å². The van der Waals surface area contributed by atoms with Gasteiger partial charge in [0, 0.05) is 6.61 Å². The molecule has 4 heteroatoms. The molecule has 1 atom stereocenters. The minimum absolute atomic E-state index is 0.205. The van der Waals surface area contributed by atoms with E-state index in [0.717, 1.165) is 31.5 Å². The highest BCUT2D eigenvalue weighted by Gasteiger charge is 2.37. The first kappa shape index (κ1) is 21.6. The van der Waals surface area contributed by atoms with E-state index in [-0.39, 0.29) is 11.1 Å². The Kier molecular flexibility index (Phi) is 10.2. The molecule has 0 saturated heterocycles. The summed E-state index contributed by atoms with van der Waals surface area (Å²) in [4.78, 5) is 0. The van der Waals surface area contributed by atoms with Crippen LogP contribution in [0.5, 0.6) is 0 Å². The van der Waals surface area contributed by atoms with Gasteiger partial charge in [0.25, 0.3) is 0 Å². The number of hydrogen-bond donors (Lipinski definition) is 0. The van der Waals surface area contributed by atoms with Crippen LogP contribution < -0.4 is 0 Å². The van der Waals surface area contributed by atoms with E-state index >= 15 is 0 Å². The Labute approximate surface area is 141 Å². The molecule has 0 rings (SSSR count). The van der Waals surface area contributed by atoms with Crippen molar-refractivity contribution in [2.24, 2.45) is 0 Å². The van der Waals surface area contributed by atoms with Crippen molar-refractivity contribution in [1.29, 1.82) is 0 Å². The highest BCUT2D eigenvalue weighted by molar-refractivity contribution is 6.74. The molecule has 0 bridgehead atoms. The largest absolute Gasteiger partial charge is 0.417 e. The second-order valence-corrected chi connectivity index (χ2v) is 14.1. The SMILES string of the molecule is C=CC[C@@H](CCO[Si](C)(C)C(C)(C)C)O[Si](CC=C)CC=C. The van der Waals surface area contributed by atoms with Gasteiger partial charge in [0.15, 0.2) is 8.32 Å². The predicted octanol–water partition coefficient (Wildman–Crippen LogP) is 5.72. The van der Waals surface area contributed by atoms with Gasteiger partial charge in [-0.15, -0.1) is 19.7 Å². The van der Waals surface area contributed by atoms with E-state index in [1.807, 2.05) is 18.2 Å². The molecule has 0 unspecified atom stereocenters. The third kappa shape index (κ3) is 8.27. The summed E-state index contributed by atoms with van der Waals surface area (Å²) in [5, 5.41) is 0.252. The van der Waals surface area contributed by atoms with E-state index < -0.39 is 17.4 Å². The van der Waals surface area contributed by atoms with Gasteiger partial charge >= 0.3 is 0 Å². The van der Waals surface area contributed by atoms with Crippen LogP contribution in [0.3, 0.4) is 0 Å². The maximum absolute atomic E-state index is 6.30. The van der Waals surface area contributed by atoms with Crippen molar-refractivity contribution < 1.29 is 8.85 Å². The fourth-order valence-corrected chi connectivity index (χ4v) is 4.56. The lowest BCUT2D eigenvalue weighted by Gasteiger charge is -2.36. The Hall–Kier alpha value is -0.426. The quantitative estimate of drug-likeness (QED) is 0.334. The lowest BCUT2D eigenvalue weighted by molar-refractivity contribution is 0.158. The van der Waals surface area contributed by atoms with Crippen LogP contribution in [0.2, 0.25) is 30.2 Å². The molecule has 0 aromatic carbocycles. The minimum atomic E-state index is -1.67. The van der Waals surface area contributed by atoms with Gasteiger partial charge in [-0.05, 0) is 43.1 Å². The number of rotatable bonds is 12. The maximum Gasteiger partial charge on any atom is 0.219 e. The standard InChI is InChI=1S/C18H35O2Si2/c1-9-12-17(20-21(15-10-2)16-11-3)13-14-19-22(7,8)18(4,5)6/h9-11,17H,1-3,12-16H2,4-8H3/t17-/m0/s1. The van der Waals surface area contributed by atoms with Crippen molar-refractivity contribution in [3.63, 3.8) is 0 Å². The fourth-order valence-electron chi connectivity index (χ4n) is 1.81. The van der Waals surface area contributed by atoms with E-state index in [1.165, 1.54) is 0 Å².